The van der Waals surface area contributed by atoms with Crippen LogP contribution in [0.5, 0.6) is 0 Å². The molecule has 0 aromatic heterocycles. The SMILES string of the molecule is Cc1ccc(CSC(=Nc2cc(C)ccc2C)NN)cc1. The summed E-state index contributed by atoms with van der Waals surface area (Å²) >= 11 is 1.60. The van der Waals surface area contributed by atoms with Gasteiger partial charge in [-0.1, -0.05) is 53.7 Å². The number of hydrogen-bond donors (Lipinski definition) is 2. The molecule has 0 saturated heterocycles. The van der Waals surface area contributed by atoms with Gasteiger partial charge in [0.15, 0.2) is 5.17 Å². The minimum Gasteiger partial charge on any atom is -0.303 e. The lowest BCUT2D eigenvalue weighted by atomic mass is 10.1. The number of benzene rings is 2. The first-order valence-corrected chi connectivity index (χ1v) is 7.88. The van der Waals surface area contributed by atoms with Gasteiger partial charge in [0.2, 0.25) is 0 Å². The summed E-state index contributed by atoms with van der Waals surface area (Å²) in [5.41, 5.74) is 8.51. The number of nitrogens with zero attached hydrogens (tertiary/aromatic N) is 1. The third-order valence-corrected chi connectivity index (χ3v) is 4.17. The maximum atomic E-state index is 5.60. The molecule has 0 radical (unpaired) electrons. The molecule has 0 spiro atoms. The van der Waals surface area contributed by atoms with E-state index in [2.05, 4.69) is 73.7 Å². The standard InChI is InChI=1S/C17H21N3S/c1-12-5-8-15(9-6-12)11-21-17(20-18)19-16-10-13(2)4-7-14(16)3/h4-10H,11,18H2,1-3H3,(H,19,20). The number of hydrogen-bond acceptors (Lipinski definition) is 3. The van der Waals surface area contributed by atoms with Crippen LogP contribution in [0.15, 0.2) is 47.5 Å². The molecular formula is C17H21N3S. The second-order valence-corrected chi connectivity index (χ2v) is 6.09. The number of aryl methyl sites for hydroxylation is 3. The summed E-state index contributed by atoms with van der Waals surface area (Å²) in [6, 6.07) is 14.7. The number of hydrazine groups is 1. The highest BCUT2D eigenvalue weighted by atomic mass is 32.2. The summed E-state index contributed by atoms with van der Waals surface area (Å²) in [4.78, 5) is 4.61. The van der Waals surface area contributed by atoms with E-state index in [4.69, 9.17) is 5.84 Å². The van der Waals surface area contributed by atoms with E-state index in [9.17, 15) is 0 Å². The van der Waals surface area contributed by atoms with Crippen LogP contribution in [0.2, 0.25) is 0 Å². The topological polar surface area (TPSA) is 50.4 Å². The quantitative estimate of drug-likeness (QED) is 0.390. The minimum absolute atomic E-state index is 0.726. The van der Waals surface area contributed by atoms with Crippen molar-refractivity contribution < 1.29 is 0 Å². The van der Waals surface area contributed by atoms with Crippen molar-refractivity contribution in [2.75, 3.05) is 0 Å². The van der Waals surface area contributed by atoms with Crippen molar-refractivity contribution in [2.24, 2.45) is 10.8 Å². The van der Waals surface area contributed by atoms with Gasteiger partial charge in [0.1, 0.15) is 0 Å². The van der Waals surface area contributed by atoms with Crippen LogP contribution in [-0.4, -0.2) is 5.17 Å². The highest BCUT2D eigenvalue weighted by Crippen LogP contribution is 2.22. The molecule has 0 heterocycles. The molecule has 0 atom stereocenters. The average molecular weight is 299 g/mol. The fourth-order valence-electron chi connectivity index (χ4n) is 1.89. The third kappa shape index (κ3) is 4.62. The summed E-state index contributed by atoms with van der Waals surface area (Å²) in [5.74, 6) is 6.44. The van der Waals surface area contributed by atoms with Crippen LogP contribution in [0.25, 0.3) is 0 Å². The molecule has 2 aromatic carbocycles. The average Bonchev–Trinajstić information content (AvgIpc) is 2.48. The summed E-state index contributed by atoms with van der Waals surface area (Å²) in [6.07, 6.45) is 0. The summed E-state index contributed by atoms with van der Waals surface area (Å²) in [5, 5.41) is 0.726. The number of nitrogens with one attached hydrogen (secondary N) is 1. The highest BCUT2D eigenvalue weighted by Gasteiger charge is 2.03. The largest absolute Gasteiger partial charge is 0.303 e. The first kappa shape index (κ1) is 15.6. The number of rotatable bonds is 3. The van der Waals surface area contributed by atoms with Gasteiger partial charge in [-0.3, -0.25) is 0 Å². The molecule has 0 saturated carbocycles. The van der Waals surface area contributed by atoms with Crippen molar-refractivity contribution in [3.05, 3.63) is 64.7 Å². The van der Waals surface area contributed by atoms with Crippen LogP contribution in [0.4, 0.5) is 5.69 Å². The Kier molecular flexibility index (Phi) is 5.42. The van der Waals surface area contributed by atoms with Crippen LogP contribution < -0.4 is 11.3 Å². The van der Waals surface area contributed by atoms with E-state index in [1.165, 1.54) is 16.7 Å². The number of nitrogens with two attached hydrogens (primary N) is 1. The van der Waals surface area contributed by atoms with Gasteiger partial charge in [-0.2, -0.15) is 0 Å². The van der Waals surface area contributed by atoms with Gasteiger partial charge in [0.05, 0.1) is 5.69 Å². The van der Waals surface area contributed by atoms with E-state index < -0.39 is 0 Å². The molecule has 2 aromatic rings. The number of thioether (sulfide) groups is 1. The van der Waals surface area contributed by atoms with E-state index in [0.717, 1.165) is 22.2 Å². The molecule has 110 valence electrons. The lowest BCUT2D eigenvalue weighted by Crippen LogP contribution is -2.27. The van der Waals surface area contributed by atoms with E-state index in [1.54, 1.807) is 11.8 Å². The van der Waals surface area contributed by atoms with E-state index in [0.29, 0.717) is 0 Å². The van der Waals surface area contributed by atoms with Crippen LogP contribution in [0, 0.1) is 20.8 Å². The lowest BCUT2D eigenvalue weighted by Gasteiger charge is -2.08. The first-order chi connectivity index (χ1) is 10.1. The third-order valence-electron chi connectivity index (χ3n) is 3.21. The molecule has 0 amide bonds. The normalized spacial score (nSPS) is 11.5. The van der Waals surface area contributed by atoms with Crippen molar-refractivity contribution in [3.63, 3.8) is 0 Å². The van der Waals surface area contributed by atoms with Crippen molar-refractivity contribution >= 4 is 22.6 Å². The Morgan fingerprint density at radius 3 is 2.38 bits per heavy atom. The van der Waals surface area contributed by atoms with Gasteiger partial charge >= 0.3 is 0 Å². The molecule has 2 rings (SSSR count). The van der Waals surface area contributed by atoms with Gasteiger partial charge in [0.25, 0.3) is 0 Å². The van der Waals surface area contributed by atoms with Crippen molar-refractivity contribution in [2.45, 2.75) is 26.5 Å². The Bertz CT molecular complexity index is 633. The molecule has 0 bridgehead atoms. The summed E-state index contributed by atoms with van der Waals surface area (Å²) < 4.78 is 0. The van der Waals surface area contributed by atoms with Gasteiger partial charge < -0.3 is 5.43 Å². The zero-order valence-electron chi connectivity index (χ0n) is 12.7. The predicted octanol–water partition coefficient (Wildman–Crippen LogP) is 4.00. The van der Waals surface area contributed by atoms with E-state index >= 15 is 0 Å². The zero-order valence-corrected chi connectivity index (χ0v) is 13.5. The molecule has 3 N–H and O–H groups in total. The Morgan fingerprint density at radius 2 is 1.71 bits per heavy atom. The monoisotopic (exact) mass is 299 g/mol. The van der Waals surface area contributed by atoms with Gasteiger partial charge in [-0.25, -0.2) is 10.8 Å². The fraction of sp³-hybridized carbons (Fsp3) is 0.235. The molecule has 0 aliphatic heterocycles. The summed E-state index contributed by atoms with van der Waals surface area (Å²) in [7, 11) is 0. The predicted molar refractivity (Wildman–Crippen MR) is 92.8 cm³/mol. The molecule has 3 nitrogen and oxygen atoms in total. The number of amidine groups is 1. The second-order valence-electron chi connectivity index (χ2n) is 5.13. The minimum atomic E-state index is 0.726. The first-order valence-electron chi connectivity index (χ1n) is 6.89. The maximum Gasteiger partial charge on any atom is 0.176 e. The van der Waals surface area contributed by atoms with Gasteiger partial charge in [0, 0.05) is 5.75 Å². The Labute approximate surface area is 130 Å². The van der Waals surface area contributed by atoms with Gasteiger partial charge in [-0.05, 0) is 43.5 Å². The summed E-state index contributed by atoms with van der Waals surface area (Å²) in [6.45, 7) is 6.20. The van der Waals surface area contributed by atoms with Crippen LogP contribution in [-0.2, 0) is 5.75 Å². The molecule has 0 fully saturated rings. The number of aliphatic imine (C=N–C) groups is 1. The van der Waals surface area contributed by atoms with Crippen LogP contribution in [0.3, 0.4) is 0 Å². The van der Waals surface area contributed by atoms with E-state index in [-0.39, 0.29) is 0 Å². The van der Waals surface area contributed by atoms with Crippen LogP contribution >= 0.6 is 11.8 Å². The van der Waals surface area contributed by atoms with Crippen molar-refractivity contribution in [1.29, 1.82) is 0 Å². The Balaban J connectivity index is 2.10. The Morgan fingerprint density at radius 1 is 1.05 bits per heavy atom. The van der Waals surface area contributed by atoms with Crippen molar-refractivity contribution in [1.82, 2.24) is 5.43 Å². The van der Waals surface area contributed by atoms with E-state index in [1.807, 2.05) is 0 Å². The highest BCUT2D eigenvalue weighted by molar-refractivity contribution is 8.13. The zero-order chi connectivity index (χ0) is 15.2. The van der Waals surface area contributed by atoms with Crippen molar-refractivity contribution in [3.8, 4) is 0 Å². The molecule has 0 unspecified atom stereocenters. The Hall–Kier alpha value is -1.78. The molecule has 21 heavy (non-hydrogen) atoms. The molecular weight excluding hydrogens is 278 g/mol. The molecule has 4 heteroatoms. The van der Waals surface area contributed by atoms with Crippen LogP contribution in [0.1, 0.15) is 22.3 Å². The second kappa shape index (κ2) is 7.29. The lowest BCUT2D eigenvalue weighted by molar-refractivity contribution is 1.04. The maximum absolute atomic E-state index is 5.60. The molecule has 0 aliphatic carbocycles. The molecule has 0 aliphatic rings. The smallest absolute Gasteiger partial charge is 0.176 e. The van der Waals surface area contributed by atoms with Gasteiger partial charge in [-0.15, -0.1) is 0 Å². The fourth-order valence-corrected chi connectivity index (χ4v) is 2.63.